The topological polar surface area (TPSA) is 0 Å². The Kier molecular flexibility index (Phi) is 4.82. The summed E-state index contributed by atoms with van der Waals surface area (Å²) in [5.41, 5.74) is 9.31. The quantitative estimate of drug-likeness (QED) is 0.408. The lowest BCUT2D eigenvalue weighted by molar-refractivity contribution is 0.327. The minimum atomic E-state index is -0.316. The molecule has 0 N–H and O–H groups in total. The van der Waals surface area contributed by atoms with Crippen molar-refractivity contribution in [3.05, 3.63) is 130 Å². The molecule has 3 aromatic rings. The molecule has 0 saturated heterocycles. The Bertz CT molecular complexity index is 946. The van der Waals surface area contributed by atoms with Gasteiger partial charge < -0.3 is 0 Å². The predicted octanol–water partition coefficient (Wildman–Crippen LogP) is 7.71. The largest absolute Gasteiger partial charge is 0.0622 e. The van der Waals surface area contributed by atoms with Gasteiger partial charge in [0.2, 0.25) is 0 Å². The van der Waals surface area contributed by atoms with Crippen LogP contribution in [0.15, 0.2) is 113 Å². The molecule has 3 aromatic carbocycles. The van der Waals surface area contributed by atoms with E-state index in [-0.39, 0.29) is 10.8 Å². The van der Waals surface area contributed by atoms with Crippen LogP contribution in [0.3, 0.4) is 0 Å². The van der Waals surface area contributed by atoms with Crippen molar-refractivity contribution in [1.82, 2.24) is 0 Å². The predicted molar refractivity (Wildman–Crippen MR) is 124 cm³/mol. The lowest BCUT2D eigenvalue weighted by Crippen LogP contribution is -2.47. The lowest BCUT2D eigenvalue weighted by Gasteiger charge is -2.51. The van der Waals surface area contributed by atoms with Crippen LogP contribution in [0, 0.1) is 5.41 Å². The van der Waals surface area contributed by atoms with Gasteiger partial charge >= 0.3 is 0 Å². The molecule has 0 heteroatoms. The van der Waals surface area contributed by atoms with Gasteiger partial charge in [-0.2, -0.15) is 0 Å². The van der Waals surface area contributed by atoms with Gasteiger partial charge in [-0.3, -0.25) is 0 Å². The van der Waals surface area contributed by atoms with Gasteiger partial charge in [0.25, 0.3) is 0 Å². The molecule has 0 radical (unpaired) electrons. The van der Waals surface area contributed by atoms with Crippen molar-refractivity contribution in [2.45, 2.75) is 40.0 Å². The first-order chi connectivity index (χ1) is 14.0. The van der Waals surface area contributed by atoms with E-state index in [1.165, 1.54) is 39.0 Å². The second kappa shape index (κ2) is 7.19. The minimum Gasteiger partial charge on any atom is -0.0622 e. The van der Waals surface area contributed by atoms with Crippen LogP contribution in [0.4, 0.5) is 0 Å². The average Bonchev–Trinajstić information content (AvgIpc) is 2.93. The van der Waals surface area contributed by atoms with Crippen LogP contribution in [0.25, 0.3) is 0 Å². The zero-order chi connectivity index (χ0) is 20.6. The molecule has 0 aliphatic heterocycles. The molecule has 146 valence electrons. The van der Waals surface area contributed by atoms with Gasteiger partial charge in [0.05, 0.1) is 5.41 Å². The summed E-state index contributed by atoms with van der Waals surface area (Å²) in [6.45, 7) is 11.7. The second-order valence-corrected chi connectivity index (χ2v) is 8.47. The lowest BCUT2D eigenvalue weighted by atomic mass is 9.50. The van der Waals surface area contributed by atoms with Crippen molar-refractivity contribution in [1.29, 1.82) is 0 Å². The molecule has 0 fully saturated rings. The van der Waals surface area contributed by atoms with Gasteiger partial charge in [-0.25, -0.2) is 0 Å². The van der Waals surface area contributed by atoms with E-state index in [1.54, 1.807) is 0 Å². The minimum absolute atomic E-state index is 0.161. The molecule has 1 aliphatic carbocycles. The Morgan fingerprint density at radius 2 is 0.759 bits per heavy atom. The fraction of sp³-hybridized carbons (Fsp3) is 0.241. The molecule has 0 bridgehead atoms. The fourth-order valence-corrected chi connectivity index (χ4v) is 5.59. The van der Waals surface area contributed by atoms with E-state index in [0.29, 0.717) is 0 Å². The van der Waals surface area contributed by atoms with Crippen LogP contribution in [0.5, 0.6) is 0 Å². The van der Waals surface area contributed by atoms with E-state index < -0.39 is 0 Å². The number of rotatable bonds is 4. The fourth-order valence-electron chi connectivity index (χ4n) is 5.59. The number of hydrogen-bond donors (Lipinski definition) is 0. The molecule has 0 amide bonds. The molecular weight excluding hydrogens is 348 g/mol. The van der Waals surface area contributed by atoms with Gasteiger partial charge in [0, 0.05) is 5.41 Å². The molecule has 0 spiro atoms. The van der Waals surface area contributed by atoms with Crippen LogP contribution < -0.4 is 0 Å². The van der Waals surface area contributed by atoms with Crippen LogP contribution in [-0.4, -0.2) is 0 Å². The molecule has 1 aliphatic rings. The SMILES string of the molecule is CC1=C(C)C(C)(C(c2ccccc2)(c2ccccc2)c2ccccc2)C(C)=C1C. The molecular formula is C29H30. The molecule has 0 saturated carbocycles. The summed E-state index contributed by atoms with van der Waals surface area (Å²) >= 11 is 0. The molecule has 0 heterocycles. The number of hydrogen-bond acceptors (Lipinski definition) is 0. The molecule has 0 atom stereocenters. The van der Waals surface area contributed by atoms with Crippen molar-refractivity contribution >= 4 is 0 Å². The summed E-state index contributed by atoms with van der Waals surface area (Å²) in [5.74, 6) is 0. The van der Waals surface area contributed by atoms with E-state index in [4.69, 9.17) is 0 Å². The Morgan fingerprint density at radius 3 is 1.03 bits per heavy atom. The van der Waals surface area contributed by atoms with Crippen molar-refractivity contribution in [2.75, 3.05) is 0 Å². The van der Waals surface area contributed by atoms with Crippen molar-refractivity contribution in [3.63, 3.8) is 0 Å². The van der Waals surface area contributed by atoms with E-state index in [2.05, 4.69) is 126 Å². The van der Waals surface area contributed by atoms with Crippen molar-refractivity contribution < 1.29 is 0 Å². The van der Waals surface area contributed by atoms with Gasteiger partial charge in [0.15, 0.2) is 0 Å². The standard InChI is InChI=1S/C29H30/c1-21-22(2)24(4)28(5,23(21)3)29(25-15-9-6-10-16-25,26-17-11-7-12-18-26)27-19-13-8-14-20-27/h6-20H,1-5H3. The zero-order valence-corrected chi connectivity index (χ0v) is 18.2. The van der Waals surface area contributed by atoms with Gasteiger partial charge in [0.1, 0.15) is 0 Å². The Balaban J connectivity index is 2.22. The van der Waals surface area contributed by atoms with E-state index in [9.17, 15) is 0 Å². The summed E-state index contributed by atoms with van der Waals surface area (Å²) in [7, 11) is 0. The second-order valence-electron chi connectivity index (χ2n) is 8.47. The normalized spacial score (nSPS) is 16.4. The maximum Gasteiger partial charge on any atom is 0.0579 e. The third-order valence-corrected chi connectivity index (χ3v) is 7.56. The van der Waals surface area contributed by atoms with E-state index >= 15 is 0 Å². The molecule has 0 aromatic heterocycles. The summed E-state index contributed by atoms with van der Waals surface area (Å²) in [6, 6.07) is 33.2. The first-order valence-corrected chi connectivity index (χ1v) is 10.5. The van der Waals surface area contributed by atoms with E-state index in [0.717, 1.165) is 0 Å². The van der Waals surface area contributed by atoms with Gasteiger partial charge in [-0.05, 0) is 55.5 Å². The maximum atomic E-state index is 2.45. The highest BCUT2D eigenvalue weighted by atomic mass is 14.6. The van der Waals surface area contributed by atoms with E-state index in [1.807, 2.05) is 0 Å². The molecule has 4 rings (SSSR count). The zero-order valence-electron chi connectivity index (χ0n) is 18.2. The van der Waals surface area contributed by atoms with Crippen LogP contribution in [0.2, 0.25) is 0 Å². The summed E-state index contributed by atoms with van der Waals surface area (Å²) in [4.78, 5) is 0. The third-order valence-electron chi connectivity index (χ3n) is 7.56. The monoisotopic (exact) mass is 378 g/mol. The highest BCUT2D eigenvalue weighted by Gasteiger charge is 2.56. The van der Waals surface area contributed by atoms with Crippen molar-refractivity contribution in [3.8, 4) is 0 Å². The maximum absolute atomic E-state index is 2.45. The highest BCUT2D eigenvalue weighted by Crippen LogP contribution is 2.62. The highest BCUT2D eigenvalue weighted by molar-refractivity contribution is 5.63. The van der Waals surface area contributed by atoms with Crippen LogP contribution >= 0.6 is 0 Å². The first kappa shape index (κ1) is 19.5. The summed E-state index contributed by atoms with van der Waals surface area (Å²) in [6.07, 6.45) is 0. The first-order valence-electron chi connectivity index (χ1n) is 10.5. The number of benzene rings is 3. The Labute approximate surface area is 175 Å². The molecule has 29 heavy (non-hydrogen) atoms. The summed E-state index contributed by atoms with van der Waals surface area (Å²) in [5, 5.41) is 0. The third kappa shape index (κ3) is 2.59. The molecule has 0 nitrogen and oxygen atoms in total. The van der Waals surface area contributed by atoms with Crippen LogP contribution in [0.1, 0.15) is 51.3 Å². The molecule has 0 unspecified atom stereocenters. The van der Waals surface area contributed by atoms with Gasteiger partial charge in [-0.1, -0.05) is 109 Å². The Morgan fingerprint density at radius 1 is 0.483 bits per heavy atom. The van der Waals surface area contributed by atoms with Crippen molar-refractivity contribution in [2.24, 2.45) is 5.41 Å². The smallest absolute Gasteiger partial charge is 0.0579 e. The number of allylic oxidation sites excluding steroid dienone is 4. The summed E-state index contributed by atoms with van der Waals surface area (Å²) < 4.78 is 0. The van der Waals surface area contributed by atoms with Gasteiger partial charge in [-0.15, -0.1) is 0 Å². The average molecular weight is 379 g/mol. The van der Waals surface area contributed by atoms with Crippen LogP contribution in [-0.2, 0) is 5.41 Å². The Hall–Kier alpha value is -2.86.